The van der Waals surface area contributed by atoms with Gasteiger partial charge in [0.15, 0.2) is 0 Å². The van der Waals surface area contributed by atoms with Gasteiger partial charge in [-0.1, -0.05) is 66.7 Å². The van der Waals surface area contributed by atoms with Crippen molar-refractivity contribution in [1.82, 2.24) is 9.80 Å². The van der Waals surface area contributed by atoms with Gasteiger partial charge in [-0.15, -0.1) is 11.8 Å². The van der Waals surface area contributed by atoms with Crippen LogP contribution in [0.25, 0.3) is 0 Å². The number of fused-ring (bicyclic) bond motifs is 1. The van der Waals surface area contributed by atoms with Crippen LogP contribution in [-0.2, 0) is 26.1 Å². The molecule has 1 fully saturated rings. The van der Waals surface area contributed by atoms with Gasteiger partial charge in [0.1, 0.15) is 0 Å². The molecule has 0 spiro atoms. The van der Waals surface area contributed by atoms with Crippen molar-refractivity contribution in [2.24, 2.45) is 5.92 Å². The minimum absolute atomic E-state index is 0.890. The molecule has 3 aromatic carbocycles. The first-order valence-electron chi connectivity index (χ1n) is 13.1. The number of likely N-dealkylation sites (tertiary alicyclic amines) is 1. The van der Waals surface area contributed by atoms with Crippen molar-refractivity contribution in [1.29, 1.82) is 0 Å². The monoisotopic (exact) mass is 470 g/mol. The van der Waals surface area contributed by atoms with Crippen molar-refractivity contribution in [3.63, 3.8) is 0 Å². The Morgan fingerprint density at radius 3 is 2.09 bits per heavy atom. The number of nitrogens with zero attached hydrogens (tertiary/aromatic N) is 2. The van der Waals surface area contributed by atoms with Gasteiger partial charge in [0.05, 0.1) is 0 Å². The fourth-order valence-corrected chi connectivity index (χ4v) is 6.57. The fourth-order valence-electron chi connectivity index (χ4n) is 5.49. The van der Waals surface area contributed by atoms with E-state index in [0.717, 1.165) is 25.6 Å². The molecular weight excluding hydrogens is 432 g/mol. The standard InChI is InChI=1S/C31H38N2S/c1-3-8-27(9-4-1)23-32-19-15-26(16-20-32)17-21-34-31-14-13-29-12-7-18-33(25-30(29)22-31)24-28-10-5-2-6-11-28/h1-6,8-11,13-14,22,26H,7,12,15-21,23-25H2. The number of aryl methyl sites for hydroxylation is 1. The second-order valence-electron chi connectivity index (χ2n) is 10.1. The molecule has 0 N–H and O–H groups in total. The van der Waals surface area contributed by atoms with E-state index in [4.69, 9.17) is 0 Å². The van der Waals surface area contributed by atoms with Gasteiger partial charge in [0.25, 0.3) is 0 Å². The van der Waals surface area contributed by atoms with Crippen LogP contribution in [0.1, 0.15) is 47.9 Å². The van der Waals surface area contributed by atoms with E-state index in [0.29, 0.717) is 0 Å². The number of benzene rings is 3. The maximum Gasteiger partial charge on any atom is 0.0240 e. The van der Waals surface area contributed by atoms with Crippen LogP contribution in [0.5, 0.6) is 0 Å². The normalized spacial score (nSPS) is 17.9. The Balaban J connectivity index is 1.08. The summed E-state index contributed by atoms with van der Waals surface area (Å²) in [5, 5.41) is 0. The van der Waals surface area contributed by atoms with Crippen LogP contribution in [0, 0.1) is 5.92 Å². The maximum atomic E-state index is 2.63. The lowest BCUT2D eigenvalue weighted by Gasteiger charge is -2.32. The average Bonchev–Trinajstić information content (AvgIpc) is 3.08. The van der Waals surface area contributed by atoms with E-state index in [-0.39, 0.29) is 0 Å². The minimum atomic E-state index is 0.890. The van der Waals surface area contributed by atoms with Crippen molar-refractivity contribution in [2.75, 3.05) is 25.4 Å². The largest absolute Gasteiger partial charge is 0.299 e. The fraction of sp³-hybridized carbons (Fsp3) is 0.419. The molecule has 178 valence electrons. The van der Waals surface area contributed by atoms with Crippen LogP contribution in [0.4, 0.5) is 0 Å². The number of rotatable bonds is 8. The molecule has 0 unspecified atom stereocenters. The maximum absolute atomic E-state index is 2.63. The zero-order chi connectivity index (χ0) is 23.0. The highest BCUT2D eigenvalue weighted by molar-refractivity contribution is 7.99. The lowest BCUT2D eigenvalue weighted by atomic mass is 9.94. The predicted octanol–water partition coefficient (Wildman–Crippen LogP) is 7.03. The van der Waals surface area contributed by atoms with Crippen LogP contribution < -0.4 is 0 Å². The lowest BCUT2D eigenvalue weighted by molar-refractivity contribution is 0.175. The van der Waals surface area contributed by atoms with Crippen LogP contribution in [0.3, 0.4) is 0 Å². The summed E-state index contributed by atoms with van der Waals surface area (Å²) in [5.74, 6) is 2.14. The average molecular weight is 471 g/mol. The Morgan fingerprint density at radius 1 is 0.706 bits per heavy atom. The third-order valence-corrected chi connectivity index (χ3v) is 8.52. The summed E-state index contributed by atoms with van der Waals surface area (Å²) in [6.07, 6.45) is 6.53. The summed E-state index contributed by atoms with van der Waals surface area (Å²) in [5.41, 5.74) is 5.98. The molecule has 0 saturated carbocycles. The molecular formula is C31H38N2S. The minimum Gasteiger partial charge on any atom is -0.299 e. The Labute approximate surface area is 210 Å². The number of hydrogen-bond donors (Lipinski definition) is 0. The summed E-state index contributed by atoms with van der Waals surface area (Å²) in [6.45, 7) is 6.94. The first kappa shape index (κ1) is 23.7. The van der Waals surface area contributed by atoms with Crippen LogP contribution in [0.15, 0.2) is 83.8 Å². The molecule has 3 heteroatoms. The molecule has 2 nitrogen and oxygen atoms in total. The van der Waals surface area contributed by atoms with Crippen LogP contribution in [-0.4, -0.2) is 35.2 Å². The Bertz CT molecular complexity index is 1010. The summed E-state index contributed by atoms with van der Waals surface area (Å²) in [7, 11) is 0. The molecule has 0 atom stereocenters. The van der Waals surface area contributed by atoms with E-state index in [1.165, 1.54) is 73.5 Å². The molecule has 0 aliphatic carbocycles. The number of hydrogen-bond acceptors (Lipinski definition) is 3. The van der Waals surface area contributed by atoms with Gasteiger partial charge in [-0.2, -0.15) is 0 Å². The van der Waals surface area contributed by atoms with Crippen LogP contribution in [0.2, 0.25) is 0 Å². The molecule has 1 saturated heterocycles. The molecule has 2 aliphatic rings. The Morgan fingerprint density at radius 2 is 1.38 bits per heavy atom. The van der Waals surface area contributed by atoms with E-state index in [9.17, 15) is 0 Å². The second kappa shape index (κ2) is 12.1. The van der Waals surface area contributed by atoms with Crippen molar-refractivity contribution in [3.8, 4) is 0 Å². The van der Waals surface area contributed by atoms with Crippen molar-refractivity contribution < 1.29 is 0 Å². The van der Waals surface area contributed by atoms with E-state index < -0.39 is 0 Å². The molecule has 0 radical (unpaired) electrons. The van der Waals surface area contributed by atoms with Crippen molar-refractivity contribution in [2.45, 2.75) is 56.6 Å². The van der Waals surface area contributed by atoms with Crippen molar-refractivity contribution in [3.05, 3.63) is 101 Å². The molecule has 0 amide bonds. The van der Waals surface area contributed by atoms with Crippen LogP contribution >= 0.6 is 11.8 Å². The highest BCUT2D eigenvalue weighted by Gasteiger charge is 2.19. The van der Waals surface area contributed by atoms with Crippen molar-refractivity contribution >= 4 is 11.8 Å². The SMILES string of the molecule is c1ccc(CN2CCC(CCSc3ccc4c(c3)CN(Cc3ccccc3)CCC4)CC2)cc1. The first-order chi connectivity index (χ1) is 16.8. The Hall–Kier alpha value is -2.07. The molecule has 3 aromatic rings. The third kappa shape index (κ3) is 6.75. The topological polar surface area (TPSA) is 6.48 Å². The zero-order valence-corrected chi connectivity index (χ0v) is 21.2. The van der Waals surface area contributed by atoms with Gasteiger partial charge >= 0.3 is 0 Å². The van der Waals surface area contributed by atoms with Gasteiger partial charge in [-0.05, 0) is 97.8 Å². The summed E-state index contributed by atoms with van der Waals surface area (Å²) in [4.78, 5) is 6.72. The highest BCUT2D eigenvalue weighted by atomic mass is 32.2. The molecule has 34 heavy (non-hydrogen) atoms. The summed E-state index contributed by atoms with van der Waals surface area (Å²) >= 11 is 2.07. The number of thioether (sulfide) groups is 1. The number of piperidine rings is 1. The van der Waals surface area contributed by atoms with Gasteiger partial charge < -0.3 is 0 Å². The van der Waals surface area contributed by atoms with E-state index in [1.54, 1.807) is 11.1 Å². The zero-order valence-electron chi connectivity index (χ0n) is 20.4. The van der Waals surface area contributed by atoms with E-state index in [1.807, 2.05) is 0 Å². The lowest BCUT2D eigenvalue weighted by Crippen LogP contribution is -2.33. The molecule has 2 heterocycles. The second-order valence-corrected chi connectivity index (χ2v) is 11.2. The smallest absolute Gasteiger partial charge is 0.0240 e. The third-order valence-electron chi connectivity index (χ3n) is 7.49. The molecule has 5 rings (SSSR count). The quantitative estimate of drug-likeness (QED) is 0.326. The van der Waals surface area contributed by atoms with Gasteiger partial charge in [0.2, 0.25) is 0 Å². The van der Waals surface area contributed by atoms with Gasteiger partial charge in [-0.3, -0.25) is 9.80 Å². The van der Waals surface area contributed by atoms with E-state index >= 15 is 0 Å². The molecule has 0 bridgehead atoms. The molecule has 2 aliphatic heterocycles. The highest BCUT2D eigenvalue weighted by Crippen LogP contribution is 2.29. The first-order valence-corrected chi connectivity index (χ1v) is 14.1. The summed E-state index contributed by atoms with van der Waals surface area (Å²) < 4.78 is 0. The molecule has 0 aromatic heterocycles. The van der Waals surface area contributed by atoms with Gasteiger partial charge in [-0.25, -0.2) is 0 Å². The Kier molecular flexibility index (Phi) is 8.39. The summed E-state index contributed by atoms with van der Waals surface area (Å²) in [6, 6.07) is 29.1. The van der Waals surface area contributed by atoms with Gasteiger partial charge in [0, 0.05) is 24.5 Å². The predicted molar refractivity (Wildman–Crippen MR) is 145 cm³/mol. The van der Waals surface area contributed by atoms with E-state index in [2.05, 4.69) is 100 Å².